The minimum Gasteiger partial charge on any atom is -0.496 e. The Balaban J connectivity index is 2.04. The van der Waals surface area contributed by atoms with E-state index in [0.717, 1.165) is 3.57 Å². The van der Waals surface area contributed by atoms with Gasteiger partial charge in [-0.25, -0.2) is 0 Å². The molecule has 0 saturated carbocycles. The molecule has 4 nitrogen and oxygen atoms in total. The third kappa shape index (κ3) is 5.20. The molecule has 0 radical (unpaired) electrons. The summed E-state index contributed by atoms with van der Waals surface area (Å²) in [6.45, 7) is 0. The molecule has 0 aliphatic rings. The van der Waals surface area contributed by atoms with E-state index in [-0.39, 0.29) is 11.0 Å². The Hall–Kier alpha value is -1.09. The van der Waals surface area contributed by atoms with Gasteiger partial charge in [0, 0.05) is 21.3 Å². The van der Waals surface area contributed by atoms with Gasteiger partial charge in [0.05, 0.1) is 10.7 Å². The molecule has 0 unspecified atom stereocenters. The van der Waals surface area contributed by atoms with Crippen LogP contribution in [0, 0.1) is 3.57 Å². The third-order valence-corrected chi connectivity index (χ3v) is 4.25. The van der Waals surface area contributed by atoms with Gasteiger partial charge in [0.2, 0.25) is 0 Å². The van der Waals surface area contributed by atoms with Gasteiger partial charge in [-0.15, -0.1) is 0 Å². The van der Waals surface area contributed by atoms with Gasteiger partial charge < -0.3 is 10.1 Å². The SMILES string of the molecule is COc1ccc(C(=O)NC(=S)Nc2cc(Cl)cc(Cl)c2)cc1I. The predicted octanol–water partition coefficient (Wildman–Crippen LogP) is 4.73. The summed E-state index contributed by atoms with van der Waals surface area (Å²) in [5.74, 6) is 0.382. The third-order valence-electron chi connectivity index (χ3n) is 2.76. The number of methoxy groups -OCH3 is 1. The van der Waals surface area contributed by atoms with E-state index < -0.39 is 0 Å². The highest BCUT2D eigenvalue weighted by molar-refractivity contribution is 14.1. The molecule has 2 N–H and O–H groups in total. The number of rotatable bonds is 3. The van der Waals surface area contributed by atoms with Crippen molar-refractivity contribution in [1.29, 1.82) is 0 Å². The number of hydrogen-bond donors (Lipinski definition) is 2. The Kier molecular flexibility index (Phi) is 6.46. The molecule has 0 aliphatic carbocycles. The second-order valence-electron chi connectivity index (χ2n) is 4.42. The number of thiocarbonyl (C=S) groups is 1. The standard InChI is InChI=1S/C15H11Cl2IN2O2S/c1-22-13-3-2-8(4-12(13)18)14(21)20-15(23)19-11-6-9(16)5-10(17)7-11/h2-7H,1H3,(H2,19,20,21,23). The van der Waals surface area contributed by atoms with E-state index in [2.05, 4.69) is 33.2 Å². The first-order valence-corrected chi connectivity index (χ1v) is 8.55. The molecule has 2 aromatic rings. The highest BCUT2D eigenvalue weighted by Crippen LogP contribution is 2.23. The fraction of sp³-hybridized carbons (Fsp3) is 0.0667. The maximum absolute atomic E-state index is 12.2. The Morgan fingerprint density at radius 3 is 2.39 bits per heavy atom. The fourth-order valence-electron chi connectivity index (χ4n) is 1.77. The topological polar surface area (TPSA) is 50.4 Å². The van der Waals surface area contributed by atoms with E-state index in [9.17, 15) is 4.79 Å². The number of amides is 1. The van der Waals surface area contributed by atoms with Crippen molar-refractivity contribution in [1.82, 2.24) is 5.32 Å². The second-order valence-corrected chi connectivity index (χ2v) is 6.86. The van der Waals surface area contributed by atoms with Crippen LogP contribution in [-0.4, -0.2) is 18.1 Å². The summed E-state index contributed by atoms with van der Waals surface area (Å²) < 4.78 is 5.99. The van der Waals surface area contributed by atoms with E-state index in [1.807, 2.05) is 0 Å². The van der Waals surface area contributed by atoms with Gasteiger partial charge in [-0.3, -0.25) is 10.1 Å². The Morgan fingerprint density at radius 1 is 1.17 bits per heavy atom. The van der Waals surface area contributed by atoms with Crippen LogP contribution in [0.1, 0.15) is 10.4 Å². The van der Waals surface area contributed by atoms with E-state index >= 15 is 0 Å². The number of carbonyl (C=O) groups excluding carboxylic acids is 1. The van der Waals surface area contributed by atoms with Crippen LogP contribution in [0.3, 0.4) is 0 Å². The molecule has 120 valence electrons. The number of nitrogens with one attached hydrogen (secondary N) is 2. The van der Waals surface area contributed by atoms with Gasteiger partial charge in [0.25, 0.3) is 5.91 Å². The lowest BCUT2D eigenvalue weighted by Crippen LogP contribution is -2.34. The van der Waals surface area contributed by atoms with Gasteiger partial charge in [0.1, 0.15) is 5.75 Å². The Labute approximate surface area is 162 Å². The highest BCUT2D eigenvalue weighted by atomic mass is 127. The van der Waals surface area contributed by atoms with Crippen LogP contribution in [0.25, 0.3) is 0 Å². The minimum atomic E-state index is -0.323. The molecule has 0 aliphatic heterocycles. The lowest BCUT2D eigenvalue weighted by molar-refractivity contribution is 0.0977. The van der Waals surface area contributed by atoms with Crippen molar-refractivity contribution in [2.75, 3.05) is 12.4 Å². The number of ether oxygens (including phenoxy) is 1. The molecule has 2 aromatic carbocycles. The summed E-state index contributed by atoms with van der Waals surface area (Å²) in [5, 5.41) is 6.56. The summed E-state index contributed by atoms with van der Waals surface area (Å²) in [7, 11) is 1.58. The van der Waals surface area contributed by atoms with Gasteiger partial charge in [-0.05, 0) is 71.2 Å². The summed E-state index contributed by atoms with van der Waals surface area (Å²) in [5.41, 5.74) is 1.07. The average molecular weight is 481 g/mol. The zero-order chi connectivity index (χ0) is 17.0. The number of halogens is 3. The molecule has 0 atom stereocenters. The summed E-state index contributed by atoms with van der Waals surface area (Å²) >= 11 is 19.0. The molecule has 0 bridgehead atoms. The van der Waals surface area contributed by atoms with Crippen molar-refractivity contribution in [2.45, 2.75) is 0 Å². The first-order chi connectivity index (χ1) is 10.9. The molecule has 0 saturated heterocycles. The van der Waals surface area contributed by atoms with Crippen LogP contribution in [0.15, 0.2) is 36.4 Å². The normalized spacial score (nSPS) is 10.1. The van der Waals surface area contributed by atoms with Crippen LogP contribution in [0.4, 0.5) is 5.69 Å². The van der Waals surface area contributed by atoms with Crippen molar-refractivity contribution in [3.63, 3.8) is 0 Å². The first-order valence-electron chi connectivity index (χ1n) is 6.31. The molecule has 8 heteroatoms. The summed E-state index contributed by atoms with van der Waals surface area (Å²) in [4.78, 5) is 12.2. The number of anilines is 1. The largest absolute Gasteiger partial charge is 0.496 e. The maximum atomic E-state index is 12.2. The quantitative estimate of drug-likeness (QED) is 0.492. The van der Waals surface area contributed by atoms with Gasteiger partial charge >= 0.3 is 0 Å². The number of carbonyl (C=O) groups is 1. The minimum absolute atomic E-state index is 0.152. The first kappa shape index (κ1) is 18.3. The summed E-state index contributed by atoms with van der Waals surface area (Å²) in [6.07, 6.45) is 0. The van der Waals surface area contributed by atoms with Gasteiger partial charge in [-0.2, -0.15) is 0 Å². The second kappa shape index (κ2) is 8.14. The molecular weight excluding hydrogens is 470 g/mol. The van der Waals surface area contributed by atoms with Crippen LogP contribution in [0.5, 0.6) is 5.75 Å². The monoisotopic (exact) mass is 480 g/mol. The number of benzene rings is 2. The van der Waals surface area contributed by atoms with Gasteiger partial charge in [0.15, 0.2) is 5.11 Å². The van der Waals surface area contributed by atoms with Crippen molar-refractivity contribution in [3.05, 3.63) is 55.6 Å². The molecule has 23 heavy (non-hydrogen) atoms. The van der Waals surface area contributed by atoms with Crippen molar-refractivity contribution >= 4 is 74.7 Å². The Bertz CT molecular complexity index is 751. The van der Waals surface area contributed by atoms with Crippen molar-refractivity contribution < 1.29 is 9.53 Å². The van der Waals surface area contributed by atoms with Crippen LogP contribution in [-0.2, 0) is 0 Å². The smallest absolute Gasteiger partial charge is 0.257 e. The molecule has 0 spiro atoms. The molecular formula is C15H11Cl2IN2O2S. The van der Waals surface area contributed by atoms with Gasteiger partial charge in [-0.1, -0.05) is 23.2 Å². The average Bonchev–Trinajstić information content (AvgIpc) is 2.45. The number of hydrogen-bond acceptors (Lipinski definition) is 3. The maximum Gasteiger partial charge on any atom is 0.257 e. The van der Waals surface area contributed by atoms with E-state index in [4.69, 9.17) is 40.2 Å². The van der Waals surface area contributed by atoms with Crippen molar-refractivity contribution in [2.24, 2.45) is 0 Å². The molecule has 0 aromatic heterocycles. The molecule has 0 heterocycles. The zero-order valence-corrected chi connectivity index (χ0v) is 16.3. The zero-order valence-electron chi connectivity index (χ0n) is 11.8. The van der Waals surface area contributed by atoms with Crippen LogP contribution in [0.2, 0.25) is 10.0 Å². The highest BCUT2D eigenvalue weighted by Gasteiger charge is 2.11. The predicted molar refractivity (Wildman–Crippen MR) is 106 cm³/mol. The molecule has 0 fully saturated rings. The van der Waals surface area contributed by atoms with Crippen LogP contribution >= 0.6 is 58.0 Å². The lowest BCUT2D eigenvalue weighted by atomic mass is 10.2. The Morgan fingerprint density at radius 2 is 1.83 bits per heavy atom. The van der Waals surface area contributed by atoms with E-state index in [1.54, 1.807) is 43.5 Å². The molecule has 1 amide bonds. The van der Waals surface area contributed by atoms with E-state index in [1.165, 1.54) is 0 Å². The van der Waals surface area contributed by atoms with E-state index in [0.29, 0.717) is 27.0 Å². The summed E-state index contributed by atoms with van der Waals surface area (Å²) in [6, 6.07) is 10.0. The van der Waals surface area contributed by atoms with Crippen LogP contribution < -0.4 is 15.4 Å². The lowest BCUT2D eigenvalue weighted by Gasteiger charge is -2.11. The molecule has 2 rings (SSSR count). The fourth-order valence-corrected chi connectivity index (χ4v) is 3.24. The van der Waals surface area contributed by atoms with Crippen molar-refractivity contribution in [3.8, 4) is 5.75 Å².